The summed E-state index contributed by atoms with van der Waals surface area (Å²) in [6.45, 7) is 1.44. The number of aryl methyl sites for hydroxylation is 1. The standard InChI is InChI=1S/C18H16N4O6/c1-11-2-3-12(6-14(11)22(25)26)8-20-21-17(23)9-19-18(24)13-4-5-15-16(7-13)28-10-27-15/h2-8H,9-10H2,1H3,(H,19,24)(H,21,23). The number of carbonyl (C=O) groups excluding carboxylic acids is 2. The summed E-state index contributed by atoms with van der Waals surface area (Å²) in [7, 11) is 0. The number of fused-ring (bicyclic) bond motifs is 1. The van der Waals surface area contributed by atoms with Gasteiger partial charge in [-0.25, -0.2) is 5.43 Å². The van der Waals surface area contributed by atoms with E-state index in [0.29, 0.717) is 28.2 Å². The first-order valence-corrected chi connectivity index (χ1v) is 8.19. The topological polar surface area (TPSA) is 132 Å². The number of rotatable bonds is 6. The highest BCUT2D eigenvalue weighted by Gasteiger charge is 2.16. The molecule has 1 heterocycles. The molecule has 28 heavy (non-hydrogen) atoms. The second-order valence-electron chi connectivity index (χ2n) is 5.85. The van der Waals surface area contributed by atoms with Crippen molar-refractivity contribution < 1.29 is 24.0 Å². The third-order valence-electron chi connectivity index (χ3n) is 3.88. The van der Waals surface area contributed by atoms with Gasteiger partial charge < -0.3 is 14.8 Å². The average Bonchev–Trinajstić information content (AvgIpc) is 3.15. The van der Waals surface area contributed by atoms with Gasteiger partial charge in [-0.3, -0.25) is 19.7 Å². The molecular formula is C18H16N4O6. The van der Waals surface area contributed by atoms with Crippen LogP contribution < -0.4 is 20.2 Å². The van der Waals surface area contributed by atoms with Crippen LogP contribution >= 0.6 is 0 Å². The van der Waals surface area contributed by atoms with Gasteiger partial charge in [-0.2, -0.15) is 5.10 Å². The van der Waals surface area contributed by atoms with Crippen molar-refractivity contribution >= 4 is 23.7 Å². The monoisotopic (exact) mass is 384 g/mol. The average molecular weight is 384 g/mol. The van der Waals surface area contributed by atoms with Gasteiger partial charge in [0.1, 0.15) is 0 Å². The van der Waals surface area contributed by atoms with E-state index >= 15 is 0 Å². The van der Waals surface area contributed by atoms with Gasteiger partial charge in [-0.05, 0) is 25.1 Å². The van der Waals surface area contributed by atoms with Crippen LogP contribution in [0.1, 0.15) is 21.5 Å². The van der Waals surface area contributed by atoms with E-state index < -0.39 is 16.7 Å². The molecule has 0 aromatic heterocycles. The lowest BCUT2D eigenvalue weighted by Crippen LogP contribution is -2.34. The second kappa shape index (κ2) is 8.16. The lowest BCUT2D eigenvalue weighted by atomic mass is 10.1. The van der Waals surface area contributed by atoms with Crippen LogP contribution in [-0.4, -0.2) is 36.3 Å². The van der Waals surface area contributed by atoms with Gasteiger partial charge in [-0.15, -0.1) is 0 Å². The SMILES string of the molecule is Cc1ccc(C=NNC(=O)CNC(=O)c2ccc3c(c2)OCO3)cc1[N+](=O)[O-]. The summed E-state index contributed by atoms with van der Waals surface area (Å²) >= 11 is 0. The number of amides is 2. The van der Waals surface area contributed by atoms with Crippen LogP contribution in [-0.2, 0) is 4.79 Å². The van der Waals surface area contributed by atoms with E-state index in [1.807, 2.05) is 0 Å². The molecule has 0 aliphatic carbocycles. The normalized spacial score (nSPS) is 12.0. The molecular weight excluding hydrogens is 368 g/mol. The maximum Gasteiger partial charge on any atom is 0.272 e. The number of nitrogens with one attached hydrogen (secondary N) is 2. The van der Waals surface area contributed by atoms with Gasteiger partial charge in [0.25, 0.3) is 17.5 Å². The maximum atomic E-state index is 12.1. The minimum atomic E-state index is -0.549. The quantitative estimate of drug-likeness (QED) is 0.441. The van der Waals surface area contributed by atoms with Crippen LogP contribution in [0.2, 0.25) is 0 Å². The molecule has 2 aromatic rings. The van der Waals surface area contributed by atoms with Crippen molar-refractivity contribution in [1.29, 1.82) is 0 Å². The summed E-state index contributed by atoms with van der Waals surface area (Å²) in [5.41, 5.74) is 3.52. The fraction of sp³-hybridized carbons (Fsp3) is 0.167. The van der Waals surface area contributed by atoms with Crippen molar-refractivity contribution in [2.45, 2.75) is 6.92 Å². The van der Waals surface area contributed by atoms with Crippen LogP contribution in [0.3, 0.4) is 0 Å². The summed E-state index contributed by atoms with van der Waals surface area (Å²) < 4.78 is 10.4. The number of hydrazone groups is 1. The summed E-state index contributed by atoms with van der Waals surface area (Å²) in [4.78, 5) is 34.3. The molecule has 0 bridgehead atoms. The Labute approximate surface area is 159 Å². The zero-order valence-corrected chi connectivity index (χ0v) is 14.8. The van der Waals surface area contributed by atoms with Crippen LogP contribution in [0.15, 0.2) is 41.5 Å². The van der Waals surface area contributed by atoms with Gasteiger partial charge in [0.15, 0.2) is 11.5 Å². The predicted octanol–water partition coefficient (Wildman–Crippen LogP) is 1.51. The van der Waals surface area contributed by atoms with Crippen molar-refractivity contribution in [1.82, 2.24) is 10.7 Å². The molecule has 0 spiro atoms. The molecule has 2 N–H and O–H groups in total. The van der Waals surface area contributed by atoms with Crippen molar-refractivity contribution in [3.05, 3.63) is 63.2 Å². The highest BCUT2D eigenvalue weighted by Crippen LogP contribution is 2.32. The van der Waals surface area contributed by atoms with Crippen molar-refractivity contribution in [2.24, 2.45) is 5.10 Å². The van der Waals surface area contributed by atoms with E-state index in [0.717, 1.165) is 0 Å². The van der Waals surface area contributed by atoms with E-state index in [9.17, 15) is 19.7 Å². The van der Waals surface area contributed by atoms with Crippen molar-refractivity contribution in [2.75, 3.05) is 13.3 Å². The molecule has 0 unspecified atom stereocenters. The Morgan fingerprint density at radius 1 is 1.21 bits per heavy atom. The van der Waals surface area contributed by atoms with Crippen molar-refractivity contribution in [3.63, 3.8) is 0 Å². The minimum Gasteiger partial charge on any atom is -0.454 e. The van der Waals surface area contributed by atoms with Gasteiger partial charge in [0.05, 0.1) is 17.7 Å². The number of hydrogen-bond acceptors (Lipinski definition) is 7. The molecule has 3 rings (SSSR count). The van der Waals surface area contributed by atoms with Crippen LogP contribution in [0.4, 0.5) is 5.69 Å². The summed E-state index contributed by atoms with van der Waals surface area (Å²) in [6, 6.07) is 9.28. The van der Waals surface area contributed by atoms with Gasteiger partial charge in [0.2, 0.25) is 6.79 Å². The van der Waals surface area contributed by atoms with E-state index in [1.165, 1.54) is 18.3 Å². The fourth-order valence-corrected chi connectivity index (χ4v) is 2.42. The smallest absolute Gasteiger partial charge is 0.272 e. The van der Waals surface area contributed by atoms with Gasteiger partial charge in [0, 0.05) is 22.8 Å². The first kappa shape index (κ1) is 18.8. The van der Waals surface area contributed by atoms with E-state index in [-0.39, 0.29) is 19.0 Å². The predicted molar refractivity (Wildman–Crippen MR) is 98.5 cm³/mol. The minimum absolute atomic E-state index is 0.0359. The number of ether oxygens (including phenoxy) is 2. The number of nitro benzene ring substituents is 1. The number of benzene rings is 2. The fourth-order valence-electron chi connectivity index (χ4n) is 2.42. The summed E-state index contributed by atoms with van der Waals surface area (Å²) in [5, 5.41) is 17.1. The Balaban J connectivity index is 1.50. The first-order valence-electron chi connectivity index (χ1n) is 8.19. The Bertz CT molecular complexity index is 973. The van der Waals surface area contributed by atoms with E-state index in [2.05, 4.69) is 15.8 Å². The third kappa shape index (κ3) is 4.41. The molecule has 2 aromatic carbocycles. The van der Waals surface area contributed by atoms with Gasteiger partial charge in [-0.1, -0.05) is 12.1 Å². The molecule has 1 aliphatic heterocycles. The zero-order valence-electron chi connectivity index (χ0n) is 14.8. The van der Waals surface area contributed by atoms with Crippen LogP contribution in [0.25, 0.3) is 0 Å². The first-order chi connectivity index (χ1) is 13.4. The van der Waals surface area contributed by atoms with E-state index in [1.54, 1.807) is 31.2 Å². The Kier molecular flexibility index (Phi) is 5.49. The molecule has 0 atom stereocenters. The number of hydrogen-bond donors (Lipinski definition) is 2. The second-order valence-corrected chi connectivity index (χ2v) is 5.85. The lowest BCUT2D eigenvalue weighted by molar-refractivity contribution is -0.385. The molecule has 0 fully saturated rings. The molecule has 0 saturated carbocycles. The van der Waals surface area contributed by atoms with E-state index in [4.69, 9.17) is 9.47 Å². The van der Waals surface area contributed by atoms with Gasteiger partial charge >= 0.3 is 0 Å². The number of nitrogens with zero attached hydrogens (tertiary/aromatic N) is 2. The van der Waals surface area contributed by atoms with Crippen LogP contribution in [0.5, 0.6) is 11.5 Å². The Morgan fingerprint density at radius 2 is 2.00 bits per heavy atom. The largest absolute Gasteiger partial charge is 0.454 e. The lowest BCUT2D eigenvalue weighted by Gasteiger charge is -2.05. The molecule has 2 amide bonds. The Hall–Kier alpha value is -3.95. The Morgan fingerprint density at radius 3 is 2.79 bits per heavy atom. The third-order valence-corrected chi connectivity index (χ3v) is 3.88. The zero-order chi connectivity index (χ0) is 20.1. The summed E-state index contributed by atoms with van der Waals surface area (Å²) in [6.07, 6.45) is 1.28. The highest BCUT2D eigenvalue weighted by molar-refractivity contribution is 5.97. The summed E-state index contributed by atoms with van der Waals surface area (Å²) in [5.74, 6) is 0.0207. The molecule has 144 valence electrons. The molecule has 0 saturated heterocycles. The molecule has 1 aliphatic rings. The maximum absolute atomic E-state index is 12.1. The van der Waals surface area contributed by atoms with Crippen molar-refractivity contribution in [3.8, 4) is 11.5 Å². The molecule has 10 heteroatoms. The number of nitro groups is 1. The molecule has 0 radical (unpaired) electrons. The molecule has 10 nitrogen and oxygen atoms in total. The van der Waals surface area contributed by atoms with Crippen LogP contribution in [0, 0.1) is 17.0 Å². The number of carbonyl (C=O) groups is 2. The highest BCUT2D eigenvalue weighted by atomic mass is 16.7.